The van der Waals surface area contributed by atoms with E-state index < -0.39 is 10.0 Å². The number of rotatable bonds is 7. The second kappa shape index (κ2) is 9.23. The topological polar surface area (TPSA) is 104 Å². The molecule has 0 saturated heterocycles. The Bertz CT molecular complexity index is 1260. The largest absolute Gasteiger partial charge is 0.352 e. The number of hydrogen-bond acceptors (Lipinski definition) is 4. The monoisotopic (exact) mass is 449 g/mol. The Morgan fingerprint density at radius 1 is 0.938 bits per heavy atom. The van der Waals surface area contributed by atoms with Crippen LogP contribution < -0.4 is 15.4 Å². The van der Waals surface area contributed by atoms with E-state index in [1.165, 1.54) is 6.07 Å². The zero-order chi connectivity index (χ0) is 22.6. The maximum Gasteiger partial charge on any atom is 0.261 e. The Kier molecular flexibility index (Phi) is 6.23. The van der Waals surface area contributed by atoms with E-state index in [1.54, 1.807) is 36.4 Å². The fraction of sp³-hybridized carbons (Fsp3) is 0.167. The van der Waals surface area contributed by atoms with Crippen LogP contribution in [0.5, 0.6) is 0 Å². The van der Waals surface area contributed by atoms with Gasteiger partial charge in [0.1, 0.15) is 0 Å². The van der Waals surface area contributed by atoms with Crippen molar-refractivity contribution in [2.45, 2.75) is 24.2 Å². The lowest BCUT2D eigenvalue weighted by Gasteiger charge is -2.18. The number of nitrogens with one attached hydrogen (secondary N) is 3. The quantitative estimate of drug-likeness (QED) is 0.515. The molecule has 0 saturated carbocycles. The maximum atomic E-state index is 13.0. The molecule has 0 fully saturated rings. The lowest BCUT2D eigenvalue weighted by molar-refractivity contribution is -0.116. The van der Waals surface area contributed by atoms with Crippen molar-refractivity contribution in [1.82, 2.24) is 5.32 Å². The van der Waals surface area contributed by atoms with Crippen LogP contribution >= 0.6 is 0 Å². The van der Waals surface area contributed by atoms with Gasteiger partial charge in [0.25, 0.3) is 15.9 Å². The van der Waals surface area contributed by atoms with Crippen LogP contribution in [-0.2, 0) is 27.7 Å². The van der Waals surface area contributed by atoms with Crippen molar-refractivity contribution < 1.29 is 18.0 Å². The Labute approximate surface area is 186 Å². The molecule has 164 valence electrons. The van der Waals surface area contributed by atoms with E-state index >= 15 is 0 Å². The molecule has 0 aliphatic carbocycles. The minimum atomic E-state index is -3.92. The third-order valence-corrected chi connectivity index (χ3v) is 6.60. The van der Waals surface area contributed by atoms with Gasteiger partial charge in [0, 0.05) is 18.7 Å². The summed E-state index contributed by atoms with van der Waals surface area (Å²) in [6.07, 6.45) is 1.47. The Morgan fingerprint density at radius 3 is 2.50 bits per heavy atom. The number of carbonyl (C=O) groups is 2. The molecule has 0 spiro atoms. The van der Waals surface area contributed by atoms with E-state index in [0.29, 0.717) is 31.5 Å². The highest BCUT2D eigenvalue weighted by molar-refractivity contribution is 7.92. The number of carbonyl (C=O) groups excluding carboxylic acids is 2. The van der Waals surface area contributed by atoms with Crippen molar-refractivity contribution in [1.29, 1.82) is 0 Å². The van der Waals surface area contributed by atoms with Gasteiger partial charge in [0.2, 0.25) is 5.91 Å². The van der Waals surface area contributed by atoms with Crippen LogP contribution in [0.2, 0.25) is 0 Å². The third kappa shape index (κ3) is 4.97. The minimum absolute atomic E-state index is 0.0756. The average molecular weight is 450 g/mol. The molecule has 2 amide bonds. The van der Waals surface area contributed by atoms with Crippen LogP contribution in [0, 0.1) is 0 Å². The zero-order valence-corrected chi connectivity index (χ0v) is 18.1. The lowest BCUT2D eigenvalue weighted by Crippen LogP contribution is -2.27. The molecule has 0 aromatic heterocycles. The first-order valence-corrected chi connectivity index (χ1v) is 11.8. The van der Waals surface area contributed by atoms with E-state index in [2.05, 4.69) is 15.4 Å². The molecule has 8 heteroatoms. The summed E-state index contributed by atoms with van der Waals surface area (Å²) in [6.45, 7) is 0.431. The summed E-state index contributed by atoms with van der Waals surface area (Å²) in [5.41, 5.74) is 2.94. The van der Waals surface area contributed by atoms with Crippen molar-refractivity contribution in [3.8, 4) is 0 Å². The second-order valence-corrected chi connectivity index (χ2v) is 9.19. The van der Waals surface area contributed by atoms with Crippen LogP contribution in [0.4, 0.5) is 11.4 Å². The van der Waals surface area contributed by atoms with E-state index in [9.17, 15) is 18.0 Å². The first kappa shape index (κ1) is 21.6. The van der Waals surface area contributed by atoms with Gasteiger partial charge in [-0.3, -0.25) is 14.3 Å². The van der Waals surface area contributed by atoms with Gasteiger partial charge in [-0.1, -0.05) is 42.5 Å². The molecule has 1 aliphatic rings. The lowest BCUT2D eigenvalue weighted by atomic mass is 10.0. The fourth-order valence-corrected chi connectivity index (χ4v) is 4.69. The summed E-state index contributed by atoms with van der Waals surface area (Å²) in [6, 6.07) is 20.9. The van der Waals surface area contributed by atoms with Crippen LogP contribution in [-0.4, -0.2) is 26.8 Å². The molecule has 32 heavy (non-hydrogen) atoms. The van der Waals surface area contributed by atoms with Crippen LogP contribution in [0.1, 0.15) is 27.9 Å². The average Bonchev–Trinajstić information content (AvgIpc) is 2.79. The standard InChI is InChI=1S/C24H23N3O4S/c28-23-13-10-18-16-19(11-12-21(18)26-23)32(30,31)27-22-9-5-4-8-20(22)24(29)25-15-14-17-6-2-1-3-7-17/h1-9,11-12,16,27H,10,13-15H2,(H,25,29)(H,26,28). The Balaban J connectivity index is 1.48. The van der Waals surface area contributed by atoms with E-state index in [1.807, 2.05) is 30.3 Å². The molecule has 3 aromatic carbocycles. The Morgan fingerprint density at radius 2 is 1.69 bits per heavy atom. The van der Waals surface area contributed by atoms with Crippen LogP contribution in [0.25, 0.3) is 0 Å². The van der Waals surface area contributed by atoms with Crippen LogP contribution in [0.3, 0.4) is 0 Å². The summed E-state index contributed by atoms with van der Waals surface area (Å²) in [5, 5.41) is 5.58. The summed E-state index contributed by atoms with van der Waals surface area (Å²) in [7, 11) is -3.92. The summed E-state index contributed by atoms with van der Waals surface area (Å²) < 4.78 is 28.5. The maximum absolute atomic E-state index is 13.0. The van der Waals surface area contributed by atoms with Gasteiger partial charge in [-0.15, -0.1) is 0 Å². The predicted molar refractivity (Wildman–Crippen MR) is 123 cm³/mol. The highest BCUT2D eigenvalue weighted by atomic mass is 32.2. The molecular weight excluding hydrogens is 426 g/mol. The number of anilines is 2. The molecule has 0 unspecified atom stereocenters. The molecule has 0 radical (unpaired) electrons. The molecule has 1 heterocycles. The SMILES string of the molecule is O=C1CCc2cc(S(=O)(=O)Nc3ccccc3C(=O)NCCc3ccccc3)ccc2N1. The van der Waals surface area contributed by atoms with Crippen LogP contribution in [0.15, 0.2) is 77.7 Å². The molecule has 1 aliphatic heterocycles. The predicted octanol–water partition coefficient (Wildman–Crippen LogP) is 3.34. The van der Waals surface area contributed by atoms with Gasteiger partial charge in [0.15, 0.2) is 0 Å². The van der Waals surface area contributed by atoms with Gasteiger partial charge in [-0.25, -0.2) is 8.42 Å². The molecule has 3 aromatic rings. The van der Waals surface area contributed by atoms with Crippen molar-refractivity contribution in [2.24, 2.45) is 0 Å². The number of fused-ring (bicyclic) bond motifs is 1. The highest BCUT2D eigenvalue weighted by Crippen LogP contribution is 2.27. The van der Waals surface area contributed by atoms with Gasteiger partial charge in [-0.2, -0.15) is 0 Å². The molecule has 0 atom stereocenters. The smallest absolute Gasteiger partial charge is 0.261 e. The molecule has 0 bridgehead atoms. The van der Waals surface area contributed by atoms with Gasteiger partial charge >= 0.3 is 0 Å². The zero-order valence-electron chi connectivity index (χ0n) is 17.3. The molecule has 4 rings (SSSR count). The second-order valence-electron chi connectivity index (χ2n) is 7.51. The normalized spacial score (nSPS) is 13.1. The fourth-order valence-electron chi connectivity index (χ4n) is 3.56. The Hall–Kier alpha value is -3.65. The van der Waals surface area contributed by atoms with Crippen molar-refractivity contribution in [3.63, 3.8) is 0 Å². The number of hydrogen-bond donors (Lipinski definition) is 3. The number of amides is 2. The molecular formula is C24H23N3O4S. The summed E-state index contributed by atoms with van der Waals surface area (Å²) >= 11 is 0. The number of para-hydroxylation sites is 1. The van der Waals surface area contributed by atoms with E-state index in [4.69, 9.17) is 0 Å². The summed E-state index contributed by atoms with van der Waals surface area (Å²) in [4.78, 5) is 24.3. The third-order valence-electron chi connectivity index (χ3n) is 5.24. The van der Waals surface area contributed by atoms with Crippen molar-refractivity contribution >= 4 is 33.2 Å². The van der Waals surface area contributed by atoms with E-state index in [0.717, 1.165) is 11.1 Å². The number of benzene rings is 3. The van der Waals surface area contributed by atoms with E-state index in [-0.39, 0.29) is 28.0 Å². The van der Waals surface area contributed by atoms with Gasteiger partial charge < -0.3 is 10.6 Å². The first-order chi connectivity index (χ1) is 15.4. The van der Waals surface area contributed by atoms with Crippen molar-refractivity contribution in [2.75, 3.05) is 16.6 Å². The highest BCUT2D eigenvalue weighted by Gasteiger charge is 2.22. The number of aryl methyl sites for hydroxylation is 1. The minimum Gasteiger partial charge on any atom is -0.352 e. The number of sulfonamides is 1. The summed E-state index contributed by atoms with van der Waals surface area (Å²) in [5.74, 6) is -0.439. The van der Waals surface area contributed by atoms with Gasteiger partial charge in [-0.05, 0) is 54.3 Å². The first-order valence-electron chi connectivity index (χ1n) is 10.3. The molecule has 3 N–H and O–H groups in total. The molecule has 7 nitrogen and oxygen atoms in total. The van der Waals surface area contributed by atoms with Gasteiger partial charge in [0.05, 0.1) is 16.1 Å². The van der Waals surface area contributed by atoms with Crippen molar-refractivity contribution in [3.05, 3.63) is 89.5 Å².